The van der Waals surface area contributed by atoms with E-state index in [4.69, 9.17) is 9.47 Å². The molecular formula is C21H21ClN4O2S. The van der Waals surface area contributed by atoms with Crippen LogP contribution < -0.4 is 9.47 Å². The monoisotopic (exact) mass is 428 g/mol. The van der Waals surface area contributed by atoms with Crippen molar-refractivity contribution in [1.29, 1.82) is 0 Å². The summed E-state index contributed by atoms with van der Waals surface area (Å²) in [5.74, 6) is 1.98. The topological polar surface area (TPSA) is 62.1 Å². The normalized spacial score (nSPS) is 10.4. The van der Waals surface area contributed by atoms with Crippen molar-refractivity contribution in [2.75, 3.05) is 7.11 Å². The van der Waals surface area contributed by atoms with Gasteiger partial charge in [-0.15, -0.1) is 12.4 Å². The van der Waals surface area contributed by atoms with Gasteiger partial charge in [0.2, 0.25) is 0 Å². The first kappa shape index (κ1) is 20.8. The summed E-state index contributed by atoms with van der Waals surface area (Å²) in [5, 5.41) is 0.489. The molecule has 2 aromatic carbocycles. The van der Waals surface area contributed by atoms with Gasteiger partial charge >= 0.3 is 0 Å². The van der Waals surface area contributed by atoms with Crippen molar-refractivity contribution in [1.82, 2.24) is 18.9 Å². The van der Waals surface area contributed by atoms with Gasteiger partial charge < -0.3 is 14.0 Å². The molecule has 2 heterocycles. The molecule has 29 heavy (non-hydrogen) atoms. The Kier molecular flexibility index (Phi) is 6.85. The number of aromatic nitrogens is 4. The number of nitrogens with zero attached hydrogens (tertiary/aromatic N) is 4. The second kappa shape index (κ2) is 9.54. The third-order valence-electron chi connectivity index (χ3n) is 4.46. The molecule has 0 saturated carbocycles. The predicted molar refractivity (Wildman–Crippen MR) is 116 cm³/mol. The van der Waals surface area contributed by atoms with E-state index in [0.717, 1.165) is 24.1 Å². The largest absolute Gasteiger partial charge is 0.493 e. The molecule has 0 amide bonds. The molecule has 150 valence electrons. The van der Waals surface area contributed by atoms with Crippen molar-refractivity contribution in [2.45, 2.75) is 19.9 Å². The molecule has 0 atom stereocenters. The van der Waals surface area contributed by atoms with Crippen LogP contribution >= 0.6 is 23.9 Å². The van der Waals surface area contributed by atoms with Crippen molar-refractivity contribution in [2.24, 2.45) is 0 Å². The van der Waals surface area contributed by atoms with Crippen LogP contribution in [0.25, 0.3) is 11.4 Å². The van der Waals surface area contributed by atoms with Crippen molar-refractivity contribution in [3.8, 4) is 28.1 Å². The van der Waals surface area contributed by atoms with Crippen molar-refractivity contribution in [3.63, 3.8) is 0 Å². The molecular weight excluding hydrogens is 408 g/mol. The Morgan fingerprint density at radius 1 is 1.10 bits per heavy atom. The van der Waals surface area contributed by atoms with E-state index in [1.807, 2.05) is 55.0 Å². The molecule has 6 nitrogen and oxygen atoms in total. The van der Waals surface area contributed by atoms with Crippen LogP contribution in [-0.4, -0.2) is 26.0 Å². The Bertz CT molecular complexity index is 1050. The Morgan fingerprint density at radius 2 is 1.93 bits per heavy atom. The van der Waals surface area contributed by atoms with Gasteiger partial charge in [0.05, 0.1) is 13.4 Å². The smallest absolute Gasteiger partial charge is 0.299 e. The highest BCUT2D eigenvalue weighted by molar-refractivity contribution is 7.07. The molecule has 4 rings (SSSR count). The maximum atomic E-state index is 5.99. The van der Waals surface area contributed by atoms with E-state index in [0.29, 0.717) is 22.5 Å². The average Bonchev–Trinajstić information content (AvgIpc) is 3.40. The van der Waals surface area contributed by atoms with Gasteiger partial charge in [-0.1, -0.05) is 30.3 Å². The fourth-order valence-electron chi connectivity index (χ4n) is 2.93. The van der Waals surface area contributed by atoms with E-state index in [9.17, 15) is 0 Å². The number of methoxy groups -OCH3 is 1. The zero-order valence-electron chi connectivity index (χ0n) is 16.1. The van der Waals surface area contributed by atoms with Gasteiger partial charge in [0, 0.05) is 36.0 Å². The maximum absolute atomic E-state index is 5.99. The number of halogens is 1. The fourth-order valence-corrected chi connectivity index (χ4v) is 3.50. The SMILES string of the molecule is COc1cc(CCn2ccnc2)c(C)cc1Oc1nc(-c2ccccc2)ns1.Cl. The third-order valence-corrected chi connectivity index (χ3v) is 5.05. The molecule has 2 aromatic heterocycles. The lowest BCUT2D eigenvalue weighted by molar-refractivity contribution is 0.377. The zero-order chi connectivity index (χ0) is 19.3. The van der Waals surface area contributed by atoms with E-state index in [2.05, 4.69) is 25.8 Å². The lowest BCUT2D eigenvalue weighted by Gasteiger charge is -2.13. The Balaban J connectivity index is 0.00000240. The van der Waals surface area contributed by atoms with Gasteiger partial charge in [0.1, 0.15) is 0 Å². The van der Waals surface area contributed by atoms with Gasteiger partial charge in [0.25, 0.3) is 5.19 Å². The molecule has 0 fully saturated rings. The maximum Gasteiger partial charge on any atom is 0.299 e. The number of ether oxygens (including phenoxy) is 2. The second-order valence-electron chi connectivity index (χ2n) is 6.33. The minimum Gasteiger partial charge on any atom is -0.493 e. The average molecular weight is 429 g/mol. The van der Waals surface area contributed by atoms with Gasteiger partial charge in [-0.25, -0.2) is 4.98 Å². The summed E-state index contributed by atoms with van der Waals surface area (Å²) >= 11 is 1.23. The summed E-state index contributed by atoms with van der Waals surface area (Å²) in [6.45, 7) is 2.94. The van der Waals surface area contributed by atoms with Gasteiger partial charge in [-0.2, -0.15) is 9.36 Å². The number of rotatable bonds is 7. The van der Waals surface area contributed by atoms with E-state index < -0.39 is 0 Å². The minimum atomic E-state index is 0. The minimum absolute atomic E-state index is 0. The first-order valence-corrected chi connectivity index (χ1v) is 9.70. The summed E-state index contributed by atoms with van der Waals surface area (Å²) in [7, 11) is 1.65. The Labute approximate surface area is 179 Å². The predicted octanol–water partition coefficient (Wildman–Crippen LogP) is 5.18. The summed E-state index contributed by atoms with van der Waals surface area (Å²) in [6.07, 6.45) is 6.46. The molecule has 0 aliphatic heterocycles. The van der Waals surface area contributed by atoms with E-state index in [1.54, 1.807) is 13.3 Å². The van der Waals surface area contributed by atoms with Crippen LogP contribution in [0.5, 0.6) is 16.7 Å². The van der Waals surface area contributed by atoms with Crippen LogP contribution in [-0.2, 0) is 13.0 Å². The molecule has 0 saturated heterocycles. The van der Waals surface area contributed by atoms with Crippen LogP contribution in [0.4, 0.5) is 0 Å². The summed E-state index contributed by atoms with van der Waals surface area (Å²) in [6, 6.07) is 13.9. The highest BCUT2D eigenvalue weighted by atomic mass is 35.5. The van der Waals surface area contributed by atoms with Crippen molar-refractivity contribution >= 4 is 23.9 Å². The number of imidazole rings is 1. The molecule has 0 aliphatic carbocycles. The second-order valence-corrected chi connectivity index (χ2v) is 7.05. The van der Waals surface area contributed by atoms with Crippen LogP contribution in [0.2, 0.25) is 0 Å². The van der Waals surface area contributed by atoms with E-state index in [1.165, 1.54) is 17.1 Å². The third kappa shape index (κ3) is 4.93. The molecule has 4 aromatic rings. The molecule has 0 aliphatic rings. The highest BCUT2D eigenvalue weighted by Crippen LogP contribution is 2.36. The molecule has 0 spiro atoms. The molecule has 0 bridgehead atoms. The highest BCUT2D eigenvalue weighted by Gasteiger charge is 2.14. The number of aryl methyl sites for hydroxylation is 3. The Morgan fingerprint density at radius 3 is 2.66 bits per heavy atom. The van der Waals surface area contributed by atoms with E-state index in [-0.39, 0.29) is 12.4 Å². The molecule has 0 unspecified atom stereocenters. The van der Waals surface area contributed by atoms with Gasteiger partial charge in [-0.05, 0) is 36.6 Å². The summed E-state index contributed by atoms with van der Waals surface area (Å²) < 4.78 is 18.0. The van der Waals surface area contributed by atoms with Crippen LogP contribution in [0.15, 0.2) is 61.2 Å². The van der Waals surface area contributed by atoms with Gasteiger partial charge in [0.15, 0.2) is 17.3 Å². The lowest BCUT2D eigenvalue weighted by Crippen LogP contribution is -2.01. The van der Waals surface area contributed by atoms with Crippen molar-refractivity contribution in [3.05, 3.63) is 72.3 Å². The summed E-state index contributed by atoms with van der Waals surface area (Å²) in [4.78, 5) is 8.57. The molecule has 0 N–H and O–H groups in total. The van der Waals surface area contributed by atoms with E-state index >= 15 is 0 Å². The zero-order valence-corrected chi connectivity index (χ0v) is 17.7. The lowest BCUT2D eigenvalue weighted by atomic mass is 10.0. The fraction of sp³-hybridized carbons (Fsp3) is 0.190. The molecule has 0 radical (unpaired) electrons. The van der Waals surface area contributed by atoms with Crippen LogP contribution in [0.1, 0.15) is 11.1 Å². The number of hydrogen-bond acceptors (Lipinski definition) is 6. The van der Waals surface area contributed by atoms with Gasteiger partial charge in [-0.3, -0.25) is 0 Å². The Hall–Kier alpha value is -2.90. The standard InChI is InChI=1S/C21H20N4O2S.ClH/c1-15-12-19(18(26-2)13-17(15)8-10-25-11-9-22-14-25)27-21-23-20(24-28-21)16-6-4-3-5-7-16;/h3-7,9,11-14H,8,10H2,1-2H3;1H. The summed E-state index contributed by atoms with van der Waals surface area (Å²) in [5.41, 5.74) is 3.32. The number of benzene rings is 2. The van der Waals surface area contributed by atoms with Crippen LogP contribution in [0.3, 0.4) is 0 Å². The molecule has 8 heteroatoms. The first-order valence-electron chi connectivity index (χ1n) is 8.93. The van der Waals surface area contributed by atoms with Crippen molar-refractivity contribution < 1.29 is 9.47 Å². The van der Waals surface area contributed by atoms with Crippen LogP contribution in [0, 0.1) is 6.92 Å². The quantitative estimate of drug-likeness (QED) is 0.406. The number of hydrogen-bond donors (Lipinski definition) is 0. The first-order chi connectivity index (χ1) is 13.7.